The lowest BCUT2D eigenvalue weighted by Crippen LogP contribution is -2.20. The van der Waals surface area contributed by atoms with E-state index in [1.165, 1.54) is 0 Å². The van der Waals surface area contributed by atoms with E-state index in [-0.39, 0.29) is 5.71 Å². The number of unbranched alkanes of at least 4 members (excludes halogenated alkanes) is 1. The molecule has 0 aromatic heterocycles. The second-order valence-electron chi connectivity index (χ2n) is 3.45. The molecule has 0 saturated heterocycles. The summed E-state index contributed by atoms with van der Waals surface area (Å²) in [6, 6.07) is 6.95. The van der Waals surface area contributed by atoms with E-state index in [9.17, 15) is 4.79 Å². The molecule has 0 bridgehead atoms. The summed E-state index contributed by atoms with van der Waals surface area (Å²) in [6.07, 6.45) is 1.73. The molecule has 90 valence electrons. The molecule has 1 aromatic rings. The summed E-state index contributed by atoms with van der Waals surface area (Å²) in [7, 11) is 0. The highest BCUT2D eigenvalue weighted by Crippen LogP contribution is 2.12. The van der Waals surface area contributed by atoms with Crippen LogP contribution in [0.2, 0.25) is 0 Å². The molecule has 0 aliphatic carbocycles. The summed E-state index contributed by atoms with van der Waals surface area (Å²) < 4.78 is 5.79. The second-order valence-corrected chi connectivity index (χ2v) is 4.36. The molecule has 0 amide bonds. The molecule has 0 aliphatic heterocycles. The fourth-order valence-corrected chi connectivity index (χ4v) is 1.63. The van der Waals surface area contributed by atoms with Crippen LogP contribution in [0.25, 0.3) is 5.53 Å². The van der Waals surface area contributed by atoms with Gasteiger partial charge in [-0.1, -0.05) is 35.3 Å². The lowest BCUT2D eigenvalue weighted by molar-refractivity contribution is -0.140. The topological polar surface area (TPSA) is 62.7 Å². The van der Waals surface area contributed by atoms with Crippen molar-refractivity contribution in [2.75, 3.05) is 6.61 Å². The molecule has 0 saturated carbocycles. The van der Waals surface area contributed by atoms with Crippen LogP contribution < -0.4 is 0 Å². The maximum atomic E-state index is 11.6. The van der Waals surface area contributed by atoms with E-state index in [0.29, 0.717) is 12.2 Å². The zero-order chi connectivity index (χ0) is 12.7. The highest BCUT2D eigenvalue weighted by Gasteiger charge is 2.24. The average molecular weight is 297 g/mol. The molecular weight excluding hydrogens is 284 g/mol. The molecule has 0 aliphatic rings. The Morgan fingerprint density at radius 3 is 2.88 bits per heavy atom. The molecule has 0 fully saturated rings. The number of hydrogen-bond acceptors (Lipinski definition) is 2. The zero-order valence-corrected chi connectivity index (χ0v) is 11.1. The first-order valence-electron chi connectivity index (χ1n) is 5.34. The third-order valence-electron chi connectivity index (χ3n) is 2.12. The van der Waals surface area contributed by atoms with Crippen LogP contribution in [-0.2, 0) is 9.53 Å². The minimum Gasteiger partial charge on any atom is -0.457 e. The largest absolute Gasteiger partial charge is 0.457 e. The maximum Gasteiger partial charge on any atom is 0.422 e. The van der Waals surface area contributed by atoms with Gasteiger partial charge in [0.25, 0.3) is 0 Å². The van der Waals surface area contributed by atoms with Gasteiger partial charge in [-0.05, 0) is 24.6 Å². The number of halogens is 1. The lowest BCUT2D eigenvalue weighted by Gasteiger charge is -2.00. The van der Waals surface area contributed by atoms with Crippen molar-refractivity contribution in [3.05, 3.63) is 39.8 Å². The highest BCUT2D eigenvalue weighted by molar-refractivity contribution is 9.10. The Balaban J connectivity index is 2.79. The summed E-state index contributed by atoms with van der Waals surface area (Å²) in [4.78, 5) is 14.6. The minimum absolute atomic E-state index is 0.0811. The average Bonchev–Trinajstić information content (AvgIpc) is 2.30. The second kappa shape index (κ2) is 6.99. The van der Waals surface area contributed by atoms with Gasteiger partial charge in [-0.2, -0.15) is 4.79 Å². The van der Waals surface area contributed by atoms with E-state index < -0.39 is 5.97 Å². The molecule has 0 spiro atoms. The summed E-state index contributed by atoms with van der Waals surface area (Å²) in [5.74, 6) is -0.612. The molecule has 0 heterocycles. The maximum absolute atomic E-state index is 11.6. The van der Waals surface area contributed by atoms with Crippen molar-refractivity contribution < 1.29 is 14.3 Å². The van der Waals surface area contributed by atoms with Gasteiger partial charge in [0.05, 0.1) is 12.2 Å². The molecule has 0 atom stereocenters. The van der Waals surface area contributed by atoms with Crippen LogP contribution in [0, 0.1) is 0 Å². The third kappa shape index (κ3) is 4.13. The van der Waals surface area contributed by atoms with Crippen LogP contribution in [-0.4, -0.2) is 23.1 Å². The van der Waals surface area contributed by atoms with Gasteiger partial charge in [-0.25, -0.2) is 4.79 Å². The van der Waals surface area contributed by atoms with Crippen molar-refractivity contribution in [3.63, 3.8) is 0 Å². The van der Waals surface area contributed by atoms with Crippen molar-refractivity contribution in [1.29, 1.82) is 0 Å². The molecule has 1 rings (SSSR count). The van der Waals surface area contributed by atoms with Gasteiger partial charge >= 0.3 is 11.7 Å². The molecule has 0 radical (unpaired) electrons. The smallest absolute Gasteiger partial charge is 0.422 e. The molecule has 0 unspecified atom stereocenters. The van der Waals surface area contributed by atoms with Crippen molar-refractivity contribution in [3.8, 4) is 0 Å². The lowest BCUT2D eigenvalue weighted by atomic mass is 10.1. The van der Waals surface area contributed by atoms with Crippen LogP contribution in [0.3, 0.4) is 0 Å². The first kappa shape index (κ1) is 13.6. The molecule has 4 nitrogen and oxygen atoms in total. The fourth-order valence-electron chi connectivity index (χ4n) is 1.23. The zero-order valence-electron chi connectivity index (χ0n) is 9.52. The first-order chi connectivity index (χ1) is 8.19. The van der Waals surface area contributed by atoms with E-state index in [2.05, 4.69) is 20.7 Å². The van der Waals surface area contributed by atoms with Gasteiger partial charge in [-0.3, -0.25) is 0 Å². The molecule has 1 aromatic carbocycles. The van der Waals surface area contributed by atoms with Gasteiger partial charge in [0.2, 0.25) is 0 Å². The summed E-state index contributed by atoms with van der Waals surface area (Å²) >= 11 is 3.28. The molecule has 17 heavy (non-hydrogen) atoms. The van der Waals surface area contributed by atoms with Gasteiger partial charge in [0.1, 0.15) is 0 Å². The summed E-state index contributed by atoms with van der Waals surface area (Å²) in [6.45, 7) is 2.34. The first-order valence-corrected chi connectivity index (χ1v) is 6.13. The van der Waals surface area contributed by atoms with E-state index in [4.69, 9.17) is 10.3 Å². The number of ether oxygens (including phenoxy) is 1. The summed E-state index contributed by atoms with van der Waals surface area (Å²) in [5, 5.41) is 0. The van der Waals surface area contributed by atoms with Crippen molar-refractivity contribution in [2.45, 2.75) is 19.8 Å². The van der Waals surface area contributed by atoms with Crippen molar-refractivity contribution in [1.82, 2.24) is 0 Å². The number of nitrogens with zero attached hydrogens (tertiary/aromatic N) is 2. The van der Waals surface area contributed by atoms with Gasteiger partial charge < -0.3 is 10.3 Å². The minimum atomic E-state index is -0.612. The van der Waals surface area contributed by atoms with E-state index in [1.54, 1.807) is 18.2 Å². The Bertz CT molecular complexity index is 454. The molecular formula is C12H13BrN2O2. The number of carbonyl (C=O) groups excluding carboxylic acids is 1. The number of hydrogen-bond donors (Lipinski definition) is 0. The van der Waals surface area contributed by atoms with Crippen molar-refractivity contribution in [2.24, 2.45) is 0 Å². The van der Waals surface area contributed by atoms with Crippen LogP contribution in [0.5, 0.6) is 0 Å². The number of esters is 1. The molecule has 5 heteroatoms. The Kier molecular flexibility index (Phi) is 5.60. The monoisotopic (exact) mass is 296 g/mol. The highest BCUT2D eigenvalue weighted by atomic mass is 79.9. The van der Waals surface area contributed by atoms with Crippen LogP contribution in [0.1, 0.15) is 25.3 Å². The number of benzene rings is 1. The normalized spacial score (nSPS) is 9.53. The van der Waals surface area contributed by atoms with Crippen molar-refractivity contribution >= 4 is 27.6 Å². The van der Waals surface area contributed by atoms with E-state index >= 15 is 0 Å². The van der Waals surface area contributed by atoms with E-state index in [1.807, 2.05) is 13.0 Å². The van der Waals surface area contributed by atoms with Crippen LogP contribution in [0.15, 0.2) is 28.7 Å². The van der Waals surface area contributed by atoms with Gasteiger partial charge in [0.15, 0.2) is 0 Å². The van der Waals surface area contributed by atoms with Gasteiger partial charge in [0, 0.05) is 4.47 Å². The Hall–Kier alpha value is -1.45. The Morgan fingerprint density at radius 1 is 1.53 bits per heavy atom. The van der Waals surface area contributed by atoms with Gasteiger partial charge in [-0.15, -0.1) is 0 Å². The summed E-state index contributed by atoms with van der Waals surface area (Å²) in [5.41, 5.74) is 9.31. The van der Waals surface area contributed by atoms with Crippen LogP contribution in [0.4, 0.5) is 0 Å². The predicted octanol–water partition coefficient (Wildman–Crippen LogP) is 2.81. The van der Waals surface area contributed by atoms with E-state index in [0.717, 1.165) is 17.3 Å². The predicted molar refractivity (Wildman–Crippen MR) is 67.7 cm³/mol. The number of rotatable bonds is 5. The molecule has 0 N–H and O–H groups in total. The Morgan fingerprint density at radius 2 is 2.29 bits per heavy atom. The standard InChI is InChI=1S/C12H13BrN2O2/c1-2-3-7-17-12(16)11(15-14)9-5-4-6-10(13)8-9/h4-6,8H,2-3,7H2,1H3. The third-order valence-corrected chi connectivity index (χ3v) is 2.62. The SMILES string of the molecule is CCCCOC(=O)C(=[N+]=[N-])c1cccc(Br)c1. The van der Waals surface area contributed by atoms with Crippen LogP contribution >= 0.6 is 15.9 Å². The number of carbonyl (C=O) groups is 1. The fraction of sp³-hybridized carbons (Fsp3) is 0.333. The Labute approximate surface area is 108 Å². The quantitative estimate of drug-likeness (QED) is 0.276.